The molecule has 1 aliphatic heterocycles. The molecule has 18 heavy (non-hydrogen) atoms. The average molecular weight is 292 g/mol. The Kier molecular flexibility index (Phi) is 3.95. The third-order valence-corrected chi connectivity index (χ3v) is 5.49. The van der Waals surface area contributed by atoms with Gasteiger partial charge in [-0.15, -0.1) is 0 Å². The molecular formula is C9H12N2O5S2. The van der Waals surface area contributed by atoms with Gasteiger partial charge in [-0.1, -0.05) is 0 Å². The van der Waals surface area contributed by atoms with Gasteiger partial charge in [0.2, 0.25) is 10.0 Å². The second kappa shape index (κ2) is 5.31. The molecule has 1 aromatic rings. The van der Waals surface area contributed by atoms with Crippen molar-refractivity contribution < 1.29 is 18.1 Å². The van der Waals surface area contributed by atoms with Gasteiger partial charge in [-0.05, 0) is 30.2 Å². The first-order valence-electron chi connectivity index (χ1n) is 5.34. The fourth-order valence-corrected chi connectivity index (χ4v) is 3.85. The summed E-state index contributed by atoms with van der Waals surface area (Å²) in [6.07, 6.45) is 1.65. The fourth-order valence-electron chi connectivity index (χ4n) is 1.63. The fraction of sp³-hybridized carbons (Fsp3) is 0.556. The molecule has 0 bridgehead atoms. The molecule has 1 aliphatic rings. The minimum Gasteiger partial charge on any atom is -0.377 e. The highest BCUT2D eigenvalue weighted by molar-refractivity contribution is 7.91. The highest BCUT2D eigenvalue weighted by Gasteiger charge is 2.23. The lowest BCUT2D eigenvalue weighted by molar-refractivity contribution is -0.380. The summed E-state index contributed by atoms with van der Waals surface area (Å²) in [6, 6.07) is 2.42. The second-order valence-corrected chi connectivity index (χ2v) is 6.89. The topological polar surface area (TPSA) is 98.5 Å². The summed E-state index contributed by atoms with van der Waals surface area (Å²) in [4.78, 5) is 9.88. The molecule has 0 saturated carbocycles. The molecule has 1 unspecified atom stereocenters. The van der Waals surface area contributed by atoms with Gasteiger partial charge in [-0.3, -0.25) is 10.1 Å². The molecule has 0 aromatic carbocycles. The summed E-state index contributed by atoms with van der Waals surface area (Å²) in [5.41, 5.74) is 0. The lowest BCUT2D eigenvalue weighted by Gasteiger charge is -2.09. The van der Waals surface area contributed by atoms with Crippen molar-refractivity contribution in [2.45, 2.75) is 23.2 Å². The molecule has 7 nitrogen and oxygen atoms in total. The zero-order valence-electron chi connectivity index (χ0n) is 9.37. The van der Waals surface area contributed by atoms with Gasteiger partial charge < -0.3 is 4.74 Å². The third-order valence-electron chi connectivity index (χ3n) is 2.54. The van der Waals surface area contributed by atoms with Crippen molar-refractivity contribution in [1.82, 2.24) is 4.72 Å². The Labute approximate surface area is 108 Å². The molecule has 100 valence electrons. The van der Waals surface area contributed by atoms with Gasteiger partial charge >= 0.3 is 5.00 Å². The van der Waals surface area contributed by atoms with E-state index in [0.29, 0.717) is 17.9 Å². The van der Waals surface area contributed by atoms with Crippen LogP contribution in [0.4, 0.5) is 5.00 Å². The molecule has 2 rings (SSSR count). The zero-order valence-corrected chi connectivity index (χ0v) is 11.0. The molecular weight excluding hydrogens is 280 g/mol. The average Bonchev–Trinajstić information content (AvgIpc) is 2.98. The first kappa shape index (κ1) is 13.4. The number of thiophene rings is 1. The number of hydrogen-bond acceptors (Lipinski definition) is 6. The van der Waals surface area contributed by atoms with Crippen molar-refractivity contribution in [3.63, 3.8) is 0 Å². The monoisotopic (exact) mass is 292 g/mol. The van der Waals surface area contributed by atoms with Crippen molar-refractivity contribution in [2.75, 3.05) is 13.2 Å². The first-order valence-corrected chi connectivity index (χ1v) is 7.64. The Hall–Kier alpha value is -1.03. The van der Waals surface area contributed by atoms with Gasteiger partial charge in [0, 0.05) is 19.2 Å². The van der Waals surface area contributed by atoms with Crippen LogP contribution in [0.5, 0.6) is 0 Å². The Balaban J connectivity index is 2.02. The highest BCUT2D eigenvalue weighted by Crippen LogP contribution is 2.27. The SMILES string of the molecule is O=[N+]([O-])c1ccc(S(=O)(=O)NCC2CCCO2)s1. The molecule has 1 aromatic heterocycles. The van der Waals surface area contributed by atoms with E-state index in [1.54, 1.807) is 0 Å². The van der Waals surface area contributed by atoms with Crippen LogP contribution in [-0.4, -0.2) is 32.6 Å². The normalized spacial score (nSPS) is 20.1. The molecule has 0 spiro atoms. The number of rotatable bonds is 5. The maximum absolute atomic E-state index is 11.8. The number of nitrogens with zero attached hydrogens (tertiary/aromatic N) is 1. The molecule has 0 amide bonds. The third kappa shape index (κ3) is 3.05. The van der Waals surface area contributed by atoms with Crippen molar-refractivity contribution in [3.8, 4) is 0 Å². The molecule has 9 heteroatoms. The minimum atomic E-state index is -3.68. The Morgan fingerprint density at radius 3 is 2.89 bits per heavy atom. The predicted octanol–water partition coefficient (Wildman–Crippen LogP) is 1.11. The van der Waals surface area contributed by atoms with Crippen LogP contribution >= 0.6 is 11.3 Å². The minimum absolute atomic E-state index is 0.0489. The maximum atomic E-state index is 11.8. The molecule has 1 fully saturated rings. The van der Waals surface area contributed by atoms with E-state index >= 15 is 0 Å². The largest absolute Gasteiger partial charge is 0.377 e. The number of nitrogens with one attached hydrogen (secondary N) is 1. The summed E-state index contributed by atoms with van der Waals surface area (Å²) in [5.74, 6) is 0. The zero-order chi connectivity index (χ0) is 13.2. The molecule has 0 radical (unpaired) electrons. The van der Waals surface area contributed by atoms with Crippen LogP contribution in [-0.2, 0) is 14.8 Å². The maximum Gasteiger partial charge on any atom is 0.325 e. The Morgan fingerprint density at radius 1 is 1.56 bits per heavy atom. The van der Waals surface area contributed by atoms with E-state index in [2.05, 4.69) is 4.72 Å². The Morgan fingerprint density at radius 2 is 2.33 bits per heavy atom. The molecule has 1 atom stereocenters. The van der Waals surface area contributed by atoms with Crippen LogP contribution in [0.3, 0.4) is 0 Å². The van der Waals surface area contributed by atoms with Crippen LogP contribution in [0.2, 0.25) is 0 Å². The standard InChI is InChI=1S/C9H12N2O5S2/c12-11(13)8-3-4-9(17-8)18(14,15)10-6-7-2-1-5-16-7/h3-4,7,10H,1-2,5-6H2. The quantitative estimate of drug-likeness (QED) is 0.647. The van der Waals surface area contributed by atoms with Crippen molar-refractivity contribution in [3.05, 3.63) is 22.2 Å². The van der Waals surface area contributed by atoms with E-state index in [9.17, 15) is 18.5 Å². The number of nitro groups is 1. The number of ether oxygens (including phenoxy) is 1. The number of hydrogen-bond donors (Lipinski definition) is 1. The smallest absolute Gasteiger partial charge is 0.325 e. The molecule has 1 N–H and O–H groups in total. The first-order chi connectivity index (χ1) is 8.49. The van der Waals surface area contributed by atoms with Crippen LogP contribution in [0, 0.1) is 10.1 Å². The van der Waals surface area contributed by atoms with Crippen LogP contribution in [0.15, 0.2) is 16.3 Å². The van der Waals surface area contributed by atoms with E-state index in [1.807, 2.05) is 0 Å². The molecule has 2 heterocycles. The van der Waals surface area contributed by atoms with E-state index in [0.717, 1.165) is 12.8 Å². The lowest BCUT2D eigenvalue weighted by Crippen LogP contribution is -2.31. The van der Waals surface area contributed by atoms with Gasteiger partial charge in [-0.25, -0.2) is 13.1 Å². The predicted molar refractivity (Wildman–Crippen MR) is 65.1 cm³/mol. The van der Waals surface area contributed by atoms with Gasteiger partial charge in [0.15, 0.2) is 0 Å². The van der Waals surface area contributed by atoms with Crippen molar-refractivity contribution in [1.29, 1.82) is 0 Å². The summed E-state index contributed by atoms with van der Waals surface area (Å²) in [5, 5.41) is 10.3. The van der Waals surface area contributed by atoms with E-state index in [-0.39, 0.29) is 21.9 Å². The molecule has 0 aliphatic carbocycles. The van der Waals surface area contributed by atoms with Gasteiger partial charge in [0.1, 0.15) is 4.21 Å². The van der Waals surface area contributed by atoms with Crippen LogP contribution < -0.4 is 4.72 Å². The molecule has 1 saturated heterocycles. The van der Waals surface area contributed by atoms with E-state index in [4.69, 9.17) is 4.74 Å². The van der Waals surface area contributed by atoms with Gasteiger partial charge in [-0.2, -0.15) is 0 Å². The summed E-state index contributed by atoms with van der Waals surface area (Å²) in [7, 11) is -3.68. The summed E-state index contributed by atoms with van der Waals surface area (Å²) >= 11 is 0.640. The van der Waals surface area contributed by atoms with Crippen molar-refractivity contribution >= 4 is 26.4 Å². The van der Waals surface area contributed by atoms with Gasteiger partial charge in [0.05, 0.1) is 11.0 Å². The van der Waals surface area contributed by atoms with Gasteiger partial charge in [0.25, 0.3) is 0 Å². The van der Waals surface area contributed by atoms with Crippen LogP contribution in [0.1, 0.15) is 12.8 Å². The summed E-state index contributed by atoms with van der Waals surface area (Å²) < 4.78 is 31.3. The number of sulfonamides is 1. The van der Waals surface area contributed by atoms with E-state index in [1.165, 1.54) is 12.1 Å². The lowest BCUT2D eigenvalue weighted by atomic mass is 10.2. The highest BCUT2D eigenvalue weighted by atomic mass is 32.2. The van der Waals surface area contributed by atoms with Crippen LogP contribution in [0.25, 0.3) is 0 Å². The Bertz CT molecular complexity index is 533. The second-order valence-electron chi connectivity index (χ2n) is 3.84. The van der Waals surface area contributed by atoms with E-state index < -0.39 is 14.9 Å². The summed E-state index contributed by atoms with van der Waals surface area (Å²) in [6.45, 7) is 0.852. The van der Waals surface area contributed by atoms with Crippen molar-refractivity contribution in [2.24, 2.45) is 0 Å².